The van der Waals surface area contributed by atoms with Crippen LogP contribution in [0.15, 0.2) is 77.1 Å². The zero-order valence-electron chi connectivity index (χ0n) is 29.5. The average molecular weight is 840 g/mol. The number of amides is 3. The van der Waals surface area contributed by atoms with E-state index in [1.165, 1.54) is 28.4 Å². The first-order valence-electron chi connectivity index (χ1n) is 16.2. The van der Waals surface area contributed by atoms with Gasteiger partial charge in [0.1, 0.15) is 32.7 Å². The largest absolute Gasteiger partial charge is 0.471 e. The van der Waals surface area contributed by atoms with E-state index < -0.39 is 82.1 Å². The number of nitrogens with zero attached hydrogens (tertiary/aromatic N) is 3. The minimum Gasteiger partial charge on any atom is -0.457 e. The van der Waals surface area contributed by atoms with Gasteiger partial charge in [-0.15, -0.1) is 11.8 Å². The molecule has 13 nitrogen and oxygen atoms in total. The van der Waals surface area contributed by atoms with Gasteiger partial charge in [0.25, 0.3) is 11.8 Å². The van der Waals surface area contributed by atoms with E-state index in [9.17, 15) is 37.1 Å². The third-order valence-electron chi connectivity index (χ3n) is 7.54. The second-order valence-electron chi connectivity index (χ2n) is 12.7. The summed E-state index contributed by atoms with van der Waals surface area (Å²) in [6.45, 7) is 4.03. The highest BCUT2D eigenvalue weighted by Gasteiger charge is 2.55. The molecule has 2 aliphatic heterocycles. The van der Waals surface area contributed by atoms with Crippen molar-refractivity contribution in [3.63, 3.8) is 0 Å². The van der Waals surface area contributed by atoms with Crippen molar-refractivity contribution in [2.45, 2.75) is 50.1 Å². The minimum absolute atomic E-state index is 0.0487. The molecule has 1 fully saturated rings. The summed E-state index contributed by atoms with van der Waals surface area (Å²) in [5.41, 5.74) is -0.00949. The van der Waals surface area contributed by atoms with Gasteiger partial charge in [-0.05, 0) is 43.7 Å². The van der Waals surface area contributed by atoms with E-state index in [1.807, 2.05) is 66.9 Å². The number of benzene rings is 2. The molecule has 5 rings (SSSR count). The number of hydrogen-bond donors (Lipinski definition) is 2. The molecule has 55 heavy (non-hydrogen) atoms. The van der Waals surface area contributed by atoms with Gasteiger partial charge >= 0.3 is 24.0 Å². The van der Waals surface area contributed by atoms with Crippen LogP contribution in [-0.2, 0) is 38.3 Å². The monoisotopic (exact) mass is 839 g/mol. The zero-order chi connectivity index (χ0) is 40.1. The highest BCUT2D eigenvalue weighted by molar-refractivity contribution is 8.00. The fourth-order valence-corrected chi connectivity index (χ4v) is 8.40. The fourth-order valence-electron chi connectivity index (χ4n) is 5.30. The number of rotatable bonds is 13. The van der Waals surface area contributed by atoms with Gasteiger partial charge in [-0.3, -0.25) is 24.6 Å². The van der Waals surface area contributed by atoms with Gasteiger partial charge in [0.15, 0.2) is 16.9 Å². The maximum Gasteiger partial charge on any atom is 0.471 e. The normalized spacial score (nSPS) is 17.3. The number of aromatic nitrogens is 1. The van der Waals surface area contributed by atoms with Crippen molar-refractivity contribution in [1.82, 2.24) is 15.2 Å². The van der Waals surface area contributed by atoms with Crippen molar-refractivity contribution in [1.29, 1.82) is 0 Å². The summed E-state index contributed by atoms with van der Waals surface area (Å²) in [5.74, 6) is -5.00. The molecule has 2 aliphatic rings. The number of carbonyl (C=O) groups excluding carboxylic acids is 5. The molecule has 2 aromatic carbocycles. The molecule has 2 atom stereocenters. The van der Waals surface area contributed by atoms with Gasteiger partial charge < -0.3 is 19.6 Å². The van der Waals surface area contributed by atoms with Crippen molar-refractivity contribution in [2.75, 3.05) is 29.7 Å². The molecular weight excluding hydrogens is 807 g/mol. The summed E-state index contributed by atoms with van der Waals surface area (Å²) in [7, 11) is 0. The Hall–Kier alpha value is -4.59. The number of β-lactam (4-membered cyclic amide) rings is 1. The van der Waals surface area contributed by atoms with E-state index in [1.54, 1.807) is 26.1 Å². The van der Waals surface area contributed by atoms with E-state index in [4.69, 9.17) is 25.9 Å². The quantitative estimate of drug-likeness (QED) is 0.0938. The Morgan fingerprint density at radius 3 is 2.24 bits per heavy atom. The van der Waals surface area contributed by atoms with Gasteiger partial charge in [0.05, 0.1) is 0 Å². The van der Waals surface area contributed by atoms with Gasteiger partial charge in [0, 0.05) is 11.5 Å². The first-order valence-corrected chi connectivity index (χ1v) is 19.9. The molecule has 3 amide bonds. The average Bonchev–Trinajstić information content (AvgIpc) is 3.49. The lowest BCUT2D eigenvalue weighted by Crippen LogP contribution is -2.71. The fraction of sp³-hybridized carbons (Fsp3) is 0.343. The molecular formula is C35H33ClF3N5O8S3. The summed E-state index contributed by atoms with van der Waals surface area (Å²) in [4.78, 5) is 75.6. The number of alkyl halides is 3. The molecule has 3 aromatic rings. The molecule has 0 saturated carbocycles. The molecule has 2 N–H and O–H groups in total. The van der Waals surface area contributed by atoms with Crippen LogP contribution in [0.5, 0.6) is 0 Å². The Labute approximate surface area is 330 Å². The number of thiazole rings is 1. The standard InChI is InChI=1S/C35H33ClF3N5O8S3/c1-34(2,3)52-21(45)15-50-43-23(22-27(36)55-33(41-22)42-32(49)35(37,38)39)28(46)40-24-29(47)44-25(20(16-53-4)17-54-30(24)44)31(48)51-26(18-11-7-5-8-12-18)19-13-9-6-10-14-19/h5-14,24,26,30H,15-17H2,1-4H3,(H,40,46)(H,41,42,49)/b43-23+/t24?,30-/m1/s1. The third kappa shape index (κ3) is 10.2. The molecule has 0 spiro atoms. The summed E-state index contributed by atoms with van der Waals surface area (Å²) in [6.07, 6.45) is -4.21. The summed E-state index contributed by atoms with van der Waals surface area (Å²) >= 11 is 9.37. The van der Waals surface area contributed by atoms with Crippen LogP contribution in [0, 0.1) is 0 Å². The van der Waals surface area contributed by atoms with E-state index in [-0.39, 0.29) is 10.0 Å². The van der Waals surface area contributed by atoms with Gasteiger partial charge in [-0.2, -0.15) is 24.9 Å². The molecule has 1 aromatic heterocycles. The van der Waals surface area contributed by atoms with E-state index >= 15 is 0 Å². The van der Waals surface area contributed by atoms with Crippen molar-refractivity contribution < 1.29 is 51.5 Å². The second kappa shape index (κ2) is 17.5. The predicted molar refractivity (Wildman–Crippen MR) is 201 cm³/mol. The first kappa shape index (κ1) is 41.6. The maximum absolute atomic E-state index is 14.1. The number of carbonyl (C=O) groups is 5. The number of fused-ring (bicyclic) bond motifs is 1. The number of nitrogens with one attached hydrogen (secondary N) is 2. The van der Waals surface area contributed by atoms with E-state index in [0.29, 0.717) is 39.5 Å². The van der Waals surface area contributed by atoms with Crippen molar-refractivity contribution >= 4 is 87.0 Å². The van der Waals surface area contributed by atoms with Crippen LogP contribution >= 0.6 is 46.5 Å². The number of ether oxygens (including phenoxy) is 2. The van der Waals surface area contributed by atoms with Crippen LogP contribution in [0.25, 0.3) is 0 Å². The van der Waals surface area contributed by atoms with Gasteiger partial charge in [-0.25, -0.2) is 14.6 Å². The number of oxime groups is 1. The number of esters is 2. The summed E-state index contributed by atoms with van der Waals surface area (Å²) in [5, 5.41) is 6.35. The lowest BCUT2D eigenvalue weighted by Gasteiger charge is -2.49. The Bertz CT molecular complexity index is 1970. The predicted octanol–water partition coefficient (Wildman–Crippen LogP) is 5.71. The van der Waals surface area contributed by atoms with Crippen LogP contribution < -0.4 is 10.6 Å². The van der Waals surface area contributed by atoms with Crippen LogP contribution in [-0.4, -0.2) is 92.8 Å². The maximum atomic E-state index is 14.1. The molecule has 0 aliphatic carbocycles. The number of hydrogen-bond acceptors (Lipinski definition) is 13. The Balaban J connectivity index is 1.39. The number of thioether (sulfide) groups is 2. The molecule has 3 heterocycles. The van der Waals surface area contributed by atoms with Crippen LogP contribution in [0.1, 0.15) is 43.7 Å². The van der Waals surface area contributed by atoms with E-state index in [0.717, 1.165) is 0 Å². The van der Waals surface area contributed by atoms with E-state index in [2.05, 4.69) is 15.5 Å². The summed E-state index contributed by atoms with van der Waals surface area (Å²) < 4.78 is 49.7. The lowest BCUT2D eigenvalue weighted by molar-refractivity contribution is -0.167. The Kier molecular flexibility index (Phi) is 13.2. The number of anilines is 1. The molecule has 0 radical (unpaired) electrons. The number of halogens is 4. The van der Waals surface area contributed by atoms with Crippen LogP contribution in [0.2, 0.25) is 4.34 Å². The van der Waals surface area contributed by atoms with Crippen molar-refractivity contribution in [3.8, 4) is 0 Å². The zero-order valence-corrected chi connectivity index (χ0v) is 32.7. The van der Waals surface area contributed by atoms with Crippen molar-refractivity contribution in [2.24, 2.45) is 5.16 Å². The van der Waals surface area contributed by atoms with Crippen molar-refractivity contribution in [3.05, 3.63) is 93.1 Å². The Morgan fingerprint density at radius 2 is 1.67 bits per heavy atom. The van der Waals surface area contributed by atoms with Crippen LogP contribution in [0.4, 0.5) is 18.3 Å². The molecule has 292 valence electrons. The molecule has 1 saturated heterocycles. The highest BCUT2D eigenvalue weighted by atomic mass is 35.5. The highest BCUT2D eigenvalue weighted by Crippen LogP contribution is 2.42. The molecule has 0 bridgehead atoms. The Morgan fingerprint density at radius 1 is 1.05 bits per heavy atom. The second-order valence-corrected chi connectivity index (χ2v) is 16.3. The van der Waals surface area contributed by atoms with Crippen LogP contribution in [0.3, 0.4) is 0 Å². The smallest absolute Gasteiger partial charge is 0.457 e. The topological polar surface area (TPSA) is 166 Å². The van der Waals surface area contributed by atoms with Gasteiger partial charge in [-0.1, -0.05) is 88.8 Å². The molecule has 20 heteroatoms. The third-order valence-corrected chi connectivity index (χ3v) is 10.7. The SMILES string of the molecule is CSCC1=C(C(=O)OC(c2ccccc2)c2ccccc2)N2C(=O)C(NC(=O)/C(=N/OCC(=O)OC(C)(C)C)c3nc(NC(=O)C(F)(F)F)sc3Cl)[C@H]2SC1. The summed E-state index contributed by atoms with van der Waals surface area (Å²) in [6, 6.07) is 17.0. The molecule has 1 unspecified atom stereocenters. The minimum atomic E-state index is -5.25. The first-order chi connectivity index (χ1) is 26.0. The lowest BCUT2D eigenvalue weighted by atomic mass is 10.0. The van der Waals surface area contributed by atoms with Gasteiger partial charge in [0.2, 0.25) is 6.61 Å².